The average molecular weight is 357 g/mol. The highest BCUT2D eigenvalue weighted by molar-refractivity contribution is 7.97. The van der Waals surface area contributed by atoms with Crippen LogP contribution in [0.3, 0.4) is 0 Å². The van der Waals surface area contributed by atoms with Gasteiger partial charge in [-0.05, 0) is 43.9 Å². The summed E-state index contributed by atoms with van der Waals surface area (Å²) in [4.78, 5) is 12.6. The van der Waals surface area contributed by atoms with E-state index in [1.807, 2.05) is 50.2 Å². The van der Waals surface area contributed by atoms with Crippen molar-refractivity contribution in [3.63, 3.8) is 0 Å². The van der Waals surface area contributed by atoms with Gasteiger partial charge in [0.25, 0.3) is 5.91 Å². The number of carbonyl (C=O) groups is 1. The van der Waals surface area contributed by atoms with Gasteiger partial charge in [0, 0.05) is 29.4 Å². The molecule has 1 N–H and O–H groups in total. The van der Waals surface area contributed by atoms with E-state index in [0.29, 0.717) is 23.6 Å². The molecule has 0 fully saturated rings. The number of fused-ring (bicyclic) bond motifs is 1. The Morgan fingerprint density at radius 1 is 1.32 bits per heavy atom. The van der Waals surface area contributed by atoms with Crippen LogP contribution in [0.2, 0.25) is 0 Å². The number of thioether (sulfide) groups is 1. The molecule has 2 aromatic rings. The summed E-state index contributed by atoms with van der Waals surface area (Å²) >= 11 is 1.76. The molecule has 3 rings (SSSR count). The van der Waals surface area contributed by atoms with Crippen molar-refractivity contribution in [3.05, 3.63) is 53.1 Å². The molecule has 0 radical (unpaired) electrons. The third-order valence-electron chi connectivity index (χ3n) is 4.07. The SMILES string of the molecule is CCOc1cc2c(cc1NC(=O)c1ccc(CSC)cc1)OC(C)C2. The number of nitrogens with one attached hydrogen (secondary N) is 1. The van der Waals surface area contributed by atoms with E-state index in [1.165, 1.54) is 5.56 Å². The van der Waals surface area contributed by atoms with Gasteiger partial charge in [-0.2, -0.15) is 11.8 Å². The van der Waals surface area contributed by atoms with Crippen LogP contribution in [-0.4, -0.2) is 24.9 Å². The Bertz CT molecular complexity index is 758. The summed E-state index contributed by atoms with van der Waals surface area (Å²) < 4.78 is 11.5. The molecule has 1 heterocycles. The van der Waals surface area contributed by atoms with Crippen LogP contribution in [-0.2, 0) is 12.2 Å². The minimum Gasteiger partial charge on any atom is -0.492 e. The predicted molar refractivity (Wildman–Crippen MR) is 103 cm³/mol. The summed E-state index contributed by atoms with van der Waals surface area (Å²) in [6.45, 7) is 4.51. The van der Waals surface area contributed by atoms with Crippen LogP contribution in [0.5, 0.6) is 11.5 Å². The van der Waals surface area contributed by atoms with Crippen molar-refractivity contribution in [3.8, 4) is 11.5 Å². The molecule has 25 heavy (non-hydrogen) atoms. The summed E-state index contributed by atoms with van der Waals surface area (Å²) in [7, 11) is 0. The van der Waals surface area contributed by atoms with Crippen LogP contribution in [0.4, 0.5) is 5.69 Å². The summed E-state index contributed by atoms with van der Waals surface area (Å²) in [5.74, 6) is 2.30. The molecule has 1 atom stereocenters. The Balaban J connectivity index is 1.81. The Labute approximate surface area is 152 Å². The number of amides is 1. The van der Waals surface area contributed by atoms with Gasteiger partial charge in [0.15, 0.2) is 0 Å². The first kappa shape index (κ1) is 17.7. The van der Waals surface area contributed by atoms with E-state index in [0.717, 1.165) is 23.5 Å². The van der Waals surface area contributed by atoms with Crippen molar-refractivity contribution in [1.82, 2.24) is 0 Å². The first-order valence-corrected chi connectivity index (χ1v) is 9.85. The van der Waals surface area contributed by atoms with Gasteiger partial charge in [-0.1, -0.05) is 12.1 Å². The smallest absolute Gasteiger partial charge is 0.255 e. The zero-order chi connectivity index (χ0) is 17.8. The number of hydrogen-bond acceptors (Lipinski definition) is 4. The maximum absolute atomic E-state index is 12.6. The van der Waals surface area contributed by atoms with Crippen LogP contribution in [0.15, 0.2) is 36.4 Å². The van der Waals surface area contributed by atoms with Crippen LogP contribution >= 0.6 is 11.8 Å². The Kier molecular flexibility index (Phi) is 5.53. The van der Waals surface area contributed by atoms with Crippen molar-refractivity contribution in [2.24, 2.45) is 0 Å². The van der Waals surface area contributed by atoms with Gasteiger partial charge in [-0.15, -0.1) is 0 Å². The molecule has 1 aliphatic heterocycles. The quantitative estimate of drug-likeness (QED) is 0.825. The van der Waals surface area contributed by atoms with Crippen molar-refractivity contribution in [1.29, 1.82) is 0 Å². The van der Waals surface area contributed by atoms with E-state index in [2.05, 4.69) is 11.6 Å². The van der Waals surface area contributed by atoms with Crippen LogP contribution in [0.25, 0.3) is 0 Å². The van der Waals surface area contributed by atoms with Crippen molar-refractivity contribution in [2.75, 3.05) is 18.2 Å². The number of hydrogen-bond donors (Lipinski definition) is 1. The third-order valence-corrected chi connectivity index (χ3v) is 4.70. The molecular formula is C20H23NO3S. The lowest BCUT2D eigenvalue weighted by atomic mass is 10.1. The van der Waals surface area contributed by atoms with Crippen LogP contribution < -0.4 is 14.8 Å². The number of ether oxygens (including phenoxy) is 2. The molecule has 1 amide bonds. The fourth-order valence-electron chi connectivity index (χ4n) is 2.93. The number of rotatable bonds is 6. The second-order valence-corrected chi connectivity index (χ2v) is 6.97. The number of anilines is 1. The predicted octanol–water partition coefficient (Wildman–Crippen LogP) is 4.52. The lowest BCUT2D eigenvalue weighted by Gasteiger charge is -2.14. The van der Waals surface area contributed by atoms with Crippen LogP contribution in [0, 0.1) is 0 Å². The first-order chi connectivity index (χ1) is 12.1. The maximum Gasteiger partial charge on any atom is 0.255 e. The Morgan fingerprint density at radius 3 is 2.76 bits per heavy atom. The highest BCUT2D eigenvalue weighted by atomic mass is 32.2. The summed E-state index contributed by atoms with van der Waals surface area (Å²) in [5, 5.41) is 2.96. The third kappa shape index (κ3) is 4.10. The molecule has 0 bridgehead atoms. The minimum absolute atomic E-state index is 0.150. The standard InChI is InChI=1S/C20H23NO3S/c1-4-23-19-10-16-9-13(2)24-18(16)11-17(19)21-20(22)15-7-5-14(6-8-15)12-25-3/h5-8,10-11,13H,4,9,12H2,1-3H3,(H,21,22). The first-order valence-electron chi connectivity index (χ1n) is 8.46. The lowest BCUT2D eigenvalue weighted by molar-refractivity contribution is 0.102. The summed E-state index contributed by atoms with van der Waals surface area (Å²) in [5.41, 5.74) is 3.60. The summed E-state index contributed by atoms with van der Waals surface area (Å²) in [6.07, 6.45) is 3.08. The van der Waals surface area contributed by atoms with Gasteiger partial charge in [-0.25, -0.2) is 0 Å². The monoisotopic (exact) mass is 357 g/mol. The van der Waals surface area contributed by atoms with E-state index < -0.39 is 0 Å². The van der Waals surface area contributed by atoms with E-state index in [-0.39, 0.29) is 12.0 Å². The van der Waals surface area contributed by atoms with E-state index in [1.54, 1.807) is 11.8 Å². The van der Waals surface area contributed by atoms with Gasteiger partial charge < -0.3 is 14.8 Å². The minimum atomic E-state index is -0.150. The normalized spacial score (nSPS) is 15.4. The molecule has 0 saturated heterocycles. The topological polar surface area (TPSA) is 47.6 Å². The van der Waals surface area contributed by atoms with Gasteiger partial charge in [0.1, 0.15) is 17.6 Å². The molecule has 0 spiro atoms. The molecule has 0 saturated carbocycles. The average Bonchev–Trinajstić information content (AvgIpc) is 2.95. The van der Waals surface area contributed by atoms with Gasteiger partial charge in [0.2, 0.25) is 0 Å². The van der Waals surface area contributed by atoms with Crippen molar-refractivity contribution in [2.45, 2.75) is 32.1 Å². The van der Waals surface area contributed by atoms with Gasteiger partial charge in [0.05, 0.1) is 12.3 Å². The number of benzene rings is 2. The highest BCUT2D eigenvalue weighted by Gasteiger charge is 2.22. The molecule has 2 aromatic carbocycles. The summed E-state index contributed by atoms with van der Waals surface area (Å²) in [6, 6.07) is 11.5. The van der Waals surface area contributed by atoms with E-state index in [4.69, 9.17) is 9.47 Å². The van der Waals surface area contributed by atoms with Crippen LogP contribution in [0.1, 0.15) is 35.3 Å². The molecule has 4 nitrogen and oxygen atoms in total. The fraction of sp³-hybridized carbons (Fsp3) is 0.350. The lowest BCUT2D eigenvalue weighted by Crippen LogP contribution is -2.13. The molecule has 0 aliphatic carbocycles. The zero-order valence-corrected chi connectivity index (χ0v) is 15.6. The highest BCUT2D eigenvalue weighted by Crippen LogP contribution is 2.38. The fourth-order valence-corrected chi connectivity index (χ4v) is 3.45. The Hall–Kier alpha value is -2.14. The second kappa shape index (κ2) is 7.83. The van der Waals surface area contributed by atoms with Gasteiger partial charge >= 0.3 is 0 Å². The van der Waals surface area contributed by atoms with Gasteiger partial charge in [-0.3, -0.25) is 4.79 Å². The molecule has 0 aromatic heterocycles. The molecule has 132 valence electrons. The largest absolute Gasteiger partial charge is 0.492 e. The zero-order valence-electron chi connectivity index (χ0n) is 14.8. The molecular weight excluding hydrogens is 334 g/mol. The second-order valence-electron chi connectivity index (χ2n) is 6.11. The van der Waals surface area contributed by atoms with Crippen molar-refractivity contribution < 1.29 is 14.3 Å². The van der Waals surface area contributed by atoms with E-state index in [9.17, 15) is 4.79 Å². The number of carbonyl (C=O) groups excluding carboxylic acids is 1. The molecule has 1 unspecified atom stereocenters. The molecule has 1 aliphatic rings. The van der Waals surface area contributed by atoms with E-state index >= 15 is 0 Å². The Morgan fingerprint density at radius 2 is 2.08 bits per heavy atom. The maximum atomic E-state index is 12.6. The van der Waals surface area contributed by atoms with Crippen molar-refractivity contribution >= 4 is 23.4 Å². The molecule has 5 heteroatoms.